The van der Waals surface area contributed by atoms with E-state index in [1.54, 1.807) is 0 Å². The highest BCUT2D eigenvalue weighted by atomic mass is 16.1. The normalized spacial score (nSPS) is 24.1. The number of carbonyl (C=O) groups is 1. The maximum atomic E-state index is 11.4. The molecule has 0 aromatic rings. The molecule has 1 aliphatic heterocycles. The molecule has 4 heteroatoms. The average molecular weight is 213 g/mol. The quantitative estimate of drug-likeness (QED) is 0.678. The molecule has 1 saturated heterocycles. The molecule has 0 aromatic carbocycles. The van der Waals surface area contributed by atoms with E-state index in [9.17, 15) is 4.79 Å². The molecule has 1 heterocycles. The van der Waals surface area contributed by atoms with Crippen molar-refractivity contribution in [2.45, 2.75) is 19.8 Å². The Bertz CT molecular complexity index is 208. The van der Waals surface area contributed by atoms with E-state index >= 15 is 0 Å². The minimum absolute atomic E-state index is 0.0590. The molecule has 88 valence electrons. The fourth-order valence-corrected chi connectivity index (χ4v) is 1.94. The molecule has 1 amide bonds. The van der Waals surface area contributed by atoms with E-state index < -0.39 is 0 Å². The second kappa shape index (κ2) is 6.08. The summed E-state index contributed by atoms with van der Waals surface area (Å²) in [4.78, 5) is 13.8. The molecule has 2 unspecified atom stereocenters. The van der Waals surface area contributed by atoms with Crippen molar-refractivity contribution in [1.82, 2.24) is 10.2 Å². The van der Waals surface area contributed by atoms with Crippen LogP contribution >= 0.6 is 0 Å². The van der Waals surface area contributed by atoms with Crippen molar-refractivity contribution in [3.05, 3.63) is 0 Å². The Kier molecular flexibility index (Phi) is 5.05. The van der Waals surface area contributed by atoms with Gasteiger partial charge < -0.3 is 16.0 Å². The van der Waals surface area contributed by atoms with Gasteiger partial charge in [-0.3, -0.25) is 4.79 Å². The van der Waals surface area contributed by atoms with Crippen molar-refractivity contribution >= 4 is 5.91 Å². The largest absolute Gasteiger partial charge is 0.356 e. The highest BCUT2D eigenvalue weighted by molar-refractivity contribution is 5.78. The summed E-state index contributed by atoms with van der Waals surface area (Å²) in [7, 11) is 2.15. The smallest absolute Gasteiger partial charge is 0.224 e. The van der Waals surface area contributed by atoms with Crippen LogP contribution < -0.4 is 11.1 Å². The predicted molar refractivity (Wildman–Crippen MR) is 61.4 cm³/mol. The summed E-state index contributed by atoms with van der Waals surface area (Å²) in [5.74, 6) is 0.781. The van der Waals surface area contributed by atoms with Gasteiger partial charge in [-0.2, -0.15) is 0 Å². The molecular formula is C11H23N3O. The fourth-order valence-electron chi connectivity index (χ4n) is 1.94. The number of nitrogens with two attached hydrogens (primary N) is 1. The zero-order valence-corrected chi connectivity index (χ0v) is 9.83. The molecular weight excluding hydrogens is 190 g/mol. The van der Waals surface area contributed by atoms with Crippen LogP contribution in [0.3, 0.4) is 0 Å². The number of nitrogens with zero attached hydrogens (tertiary/aromatic N) is 1. The molecule has 0 radical (unpaired) electrons. The monoisotopic (exact) mass is 213 g/mol. The third kappa shape index (κ3) is 4.18. The fraction of sp³-hybridized carbons (Fsp3) is 0.909. The number of nitrogens with one attached hydrogen (secondary N) is 1. The Labute approximate surface area is 92.2 Å². The molecule has 0 spiro atoms. The third-order valence-corrected chi connectivity index (χ3v) is 3.14. The van der Waals surface area contributed by atoms with E-state index in [1.807, 2.05) is 6.92 Å². The lowest BCUT2D eigenvalue weighted by Crippen LogP contribution is -2.34. The molecule has 4 nitrogen and oxygen atoms in total. The van der Waals surface area contributed by atoms with Crippen molar-refractivity contribution in [3.8, 4) is 0 Å². The lowest BCUT2D eigenvalue weighted by molar-refractivity contribution is -0.124. The number of likely N-dealkylation sites (tertiary alicyclic amines) is 1. The second-order valence-electron chi connectivity index (χ2n) is 4.63. The van der Waals surface area contributed by atoms with Gasteiger partial charge in [0.2, 0.25) is 5.91 Å². The van der Waals surface area contributed by atoms with Gasteiger partial charge >= 0.3 is 0 Å². The second-order valence-corrected chi connectivity index (χ2v) is 4.63. The Morgan fingerprint density at radius 2 is 2.40 bits per heavy atom. The van der Waals surface area contributed by atoms with Crippen molar-refractivity contribution in [1.29, 1.82) is 0 Å². The van der Waals surface area contributed by atoms with Crippen LogP contribution in [0.5, 0.6) is 0 Å². The van der Waals surface area contributed by atoms with E-state index in [1.165, 1.54) is 19.5 Å². The molecule has 1 rings (SSSR count). The van der Waals surface area contributed by atoms with Gasteiger partial charge in [-0.25, -0.2) is 0 Å². The highest BCUT2D eigenvalue weighted by Gasteiger charge is 2.19. The van der Waals surface area contributed by atoms with Crippen LogP contribution in [0.15, 0.2) is 0 Å². The molecule has 0 aliphatic carbocycles. The zero-order valence-electron chi connectivity index (χ0n) is 9.83. The summed E-state index contributed by atoms with van der Waals surface area (Å²) in [6.07, 6.45) is 2.35. The topological polar surface area (TPSA) is 58.4 Å². The molecule has 0 saturated carbocycles. The number of hydrogen-bond acceptors (Lipinski definition) is 3. The van der Waals surface area contributed by atoms with Gasteiger partial charge in [0, 0.05) is 25.6 Å². The van der Waals surface area contributed by atoms with Crippen LogP contribution in [0.4, 0.5) is 0 Å². The van der Waals surface area contributed by atoms with Gasteiger partial charge in [0.05, 0.1) is 0 Å². The lowest BCUT2D eigenvalue weighted by atomic mass is 10.0. The number of rotatable bonds is 5. The Morgan fingerprint density at radius 3 is 2.93 bits per heavy atom. The number of carbonyl (C=O) groups excluding carboxylic acids is 1. The summed E-state index contributed by atoms with van der Waals surface area (Å²) in [5, 5.41) is 2.94. The lowest BCUT2D eigenvalue weighted by Gasteiger charge is -2.13. The molecule has 2 atom stereocenters. The average Bonchev–Trinajstić information content (AvgIpc) is 2.63. The summed E-state index contributed by atoms with van der Waals surface area (Å²) in [5.41, 5.74) is 5.42. The molecule has 1 aliphatic rings. The molecule has 1 fully saturated rings. The minimum Gasteiger partial charge on any atom is -0.356 e. The van der Waals surface area contributed by atoms with E-state index in [0.29, 0.717) is 6.54 Å². The maximum Gasteiger partial charge on any atom is 0.224 e. The first kappa shape index (κ1) is 12.5. The van der Waals surface area contributed by atoms with E-state index in [-0.39, 0.29) is 11.8 Å². The summed E-state index contributed by atoms with van der Waals surface area (Å²) in [6.45, 7) is 5.44. The Morgan fingerprint density at radius 1 is 1.67 bits per heavy atom. The van der Waals surface area contributed by atoms with Crippen LogP contribution in [-0.4, -0.2) is 44.0 Å². The summed E-state index contributed by atoms with van der Waals surface area (Å²) >= 11 is 0. The van der Waals surface area contributed by atoms with Crippen molar-refractivity contribution < 1.29 is 4.79 Å². The van der Waals surface area contributed by atoms with Crippen LogP contribution in [-0.2, 0) is 4.79 Å². The summed E-state index contributed by atoms with van der Waals surface area (Å²) < 4.78 is 0. The van der Waals surface area contributed by atoms with Gasteiger partial charge in [-0.05, 0) is 32.4 Å². The third-order valence-electron chi connectivity index (χ3n) is 3.14. The van der Waals surface area contributed by atoms with Crippen LogP contribution in [0.1, 0.15) is 19.8 Å². The summed E-state index contributed by atoms with van der Waals surface area (Å²) in [6, 6.07) is 0. The minimum atomic E-state index is -0.0590. The van der Waals surface area contributed by atoms with E-state index in [2.05, 4.69) is 17.3 Å². The molecule has 0 aromatic heterocycles. The first-order valence-corrected chi connectivity index (χ1v) is 5.79. The van der Waals surface area contributed by atoms with Crippen LogP contribution in [0, 0.1) is 11.8 Å². The van der Waals surface area contributed by atoms with Gasteiger partial charge in [0.25, 0.3) is 0 Å². The maximum absolute atomic E-state index is 11.4. The van der Waals surface area contributed by atoms with Gasteiger partial charge in [-0.1, -0.05) is 6.92 Å². The van der Waals surface area contributed by atoms with Gasteiger partial charge in [0.15, 0.2) is 0 Å². The van der Waals surface area contributed by atoms with Crippen LogP contribution in [0.2, 0.25) is 0 Å². The molecule has 3 N–H and O–H groups in total. The van der Waals surface area contributed by atoms with Crippen LogP contribution in [0.25, 0.3) is 0 Å². The zero-order chi connectivity index (χ0) is 11.3. The SMILES string of the molecule is CC(CN)C(=O)NCCC1CCN(C)C1. The van der Waals surface area contributed by atoms with Gasteiger partial charge in [0.1, 0.15) is 0 Å². The number of amides is 1. The number of hydrogen-bond donors (Lipinski definition) is 2. The standard InChI is InChI=1S/C11H23N3O/c1-9(7-12)11(15)13-5-3-10-4-6-14(2)8-10/h9-10H,3-8,12H2,1-2H3,(H,13,15). The Balaban J connectivity index is 2.08. The first-order chi connectivity index (χ1) is 7.13. The van der Waals surface area contributed by atoms with Crippen molar-refractivity contribution in [3.63, 3.8) is 0 Å². The molecule has 15 heavy (non-hydrogen) atoms. The van der Waals surface area contributed by atoms with Crippen molar-refractivity contribution in [2.75, 3.05) is 33.2 Å². The Hall–Kier alpha value is -0.610. The first-order valence-electron chi connectivity index (χ1n) is 5.79. The van der Waals surface area contributed by atoms with Crippen molar-refractivity contribution in [2.24, 2.45) is 17.6 Å². The molecule has 0 bridgehead atoms. The van der Waals surface area contributed by atoms with Gasteiger partial charge in [-0.15, -0.1) is 0 Å². The highest BCUT2D eigenvalue weighted by Crippen LogP contribution is 2.16. The van der Waals surface area contributed by atoms with E-state index in [0.717, 1.165) is 18.9 Å². The predicted octanol–water partition coefficient (Wildman–Crippen LogP) is 0.0392. The van der Waals surface area contributed by atoms with E-state index in [4.69, 9.17) is 5.73 Å².